The molecule has 4 aromatic heterocycles. The lowest BCUT2D eigenvalue weighted by molar-refractivity contribution is -0.00897. The molecule has 6 aromatic rings. The summed E-state index contributed by atoms with van der Waals surface area (Å²) in [4.78, 5) is 55.1. The third-order valence-corrected chi connectivity index (χ3v) is 10.8. The first-order valence-electron chi connectivity index (χ1n) is 18.2. The summed E-state index contributed by atoms with van der Waals surface area (Å²) in [6, 6.07) is 21.8. The van der Waals surface area contributed by atoms with E-state index in [0.717, 1.165) is 15.7 Å². The van der Waals surface area contributed by atoms with Crippen molar-refractivity contribution in [1.29, 1.82) is 0 Å². The summed E-state index contributed by atoms with van der Waals surface area (Å²) < 4.78 is 18.9. The lowest BCUT2D eigenvalue weighted by atomic mass is 10.0. The zero-order chi connectivity index (χ0) is 40.1. The third-order valence-electron chi connectivity index (χ3n) is 9.24. The second-order valence-electron chi connectivity index (χ2n) is 15.5. The fourth-order valence-electron chi connectivity index (χ4n) is 6.57. The van der Waals surface area contributed by atoms with Gasteiger partial charge >= 0.3 is 12.2 Å². The second kappa shape index (κ2) is 17.5. The molecule has 2 atom stereocenters. The summed E-state index contributed by atoms with van der Waals surface area (Å²) >= 11 is 5.56. The summed E-state index contributed by atoms with van der Waals surface area (Å²) in [5, 5.41) is 9.39. The number of hydrogen-bond acceptors (Lipinski definition) is 8. The molecule has 18 heteroatoms. The molecule has 0 N–H and O–H groups in total. The Labute approximate surface area is 371 Å². The minimum atomic E-state index is -0.584. The minimum absolute atomic E-state index is 0. The van der Waals surface area contributed by atoms with Gasteiger partial charge in [-0.3, -0.25) is 28.5 Å². The molecule has 0 spiro atoms. The largest absolute Gasteiger partial charge is 0.444 e. The van der Waals surface area contributed by atoms with Crippen molar-refractivity contribution in [2.75, 3.05) is 13.1 Å². The SMILES string of the molecule is CC(C)(C)OC(=O)N1CC[C@H]1c1nn2ccc(Br)c2c(=O)n1-c1ccccc1.CC(C)(C)OC(=O)N1CC[C@H]1c1nn2ccc(I)c2c(=O)n1-c1ccccc1.S.S. The molecule has 14 nitrogen and oxygen atoms in total. The van der Waals surface area contributed by atoms with Gasteiger partial charge in [-0.2, -0.15) is 37.2 Å². The van der Waals surface area contributed by atoms with Crippen LogP contribution < -0.4 is 11.1 Å². The van der Waals surface area contributed by atoms with Crippen LogP contribution in [0.25, 0.3) is 22.4 Å². The van der Waals surface area contributed by atoms with Gasteiger partial charge in [0.25, 0.3) is 11.1 Å². The molecule has 2 amide bonds. The predicted molar refractivity (Wildman–Crippen MR) is 243 cm³/mol. The predicted octanol–water partition coefficient (Wildman–Crippen LogP) is 7.93. The normalized spacial score (nSPS) is 16.3. The van der Waals surface area contributed by atoms with Gasteiger partial charge in [-0.25, -0.2) is 18.6 Å². The fraction of sp³-hybridized carbons (Fsp3) is 0.350. The van der Waals surface area contributed by atoms with E-state index < -0.39 is 17.3 Å². The molecule has 2 aromatic carbocycles. The highest BCUT2D eigenvalue weighted by Gasteiger charge is 2.41. The molecule has 8 rings (SSSR count). The molecular formula is C40H46BrIN8O6S2. The van der Waals surface area contributed by atoms with Gasteiger partial charge in [-0.1, -0.05) is 36.4 Å². The minimum Gasteiger partial charge on any atom is -0.444 e. The summed E-state index contributed by atoms with van der Waals surface area (Å²) in [5.41, 5.74) is 0.911. The number of benzene rings is 2. The molecule has 308 valence electrons. The Kier molecular flexibility index (Phi) is 13.5. The van der Waals surface area contributed by atoms with Crippen molar-refractivity contribution in [1.82, 2.24) is 38.2 Å². The van der Waals surface area contributed by atoms with Crippen molar-refractivity contribution in [2.24, 2.45) is 0 Å². The zero-order valence-corrected chi connectivity index (χ0v) is 38.6. The Morgan fingerprint density at radius 3 is 1.45 bits per heavy atom. The Morgan fingerprint density at radius 2 is 1.05 bits per heavy atom. The van der Waals surface area contributed by atoms with E-state index in [1.54, 1.807) is 46.4 Å². The highest BCUT2D eigenvalue weighted by molar-refractivity contribution is 14.1. The molecule has 0 bridgehead atoms. The summed E-state index contributed by atoms with van der Waals surface area (Å²) in [7, 11) is 0. The van der Waals surface area contributed by atoms with Crippen molar-refractivity contribution in [3.8, 4) is 11.4 Å². The zero-order valence-electron chi connectivity index (χ0n) is 32.8. The molecule has 6 heterocycles. The average Bonchev–Trinajstić information content (AvgIpc) is 3.65. The van der Waals surface area contributed by atoms with Crippen LogP contribution in [0.1, 0.15) is 78.1 Å². The van der Waals surface area contributed by atoms with Crippen LogP contribution in [0, 0.1) is 3.57 Å². The van der Waals surface area contributed by atoms with Crippen LogP contribution in [0.3, 0.4) is 0 Å². The molecule has 2 saturated heterocycles. The molecule has 2 aliphatic rings. The van der Waals surface area contributed by atoms with E-state index >= 15 is 0 Å². The first kappa shape index (κ1) is 44.8. The summed E-state index contributed by atoms with van der Waals surface area (Å²) in [5.74, 6) is 1.05. The molecule has 58 heavy (non-hydrogen) atoms. The van der Waals surface area contributed by atoms with Crippen LogP contribution in [0.5, 0.6) is 0 Å². The van der Waals surface area contributed by atoms with Crippen molar-refractivity contribution in [3.05, 3.63) is 126 Å². The third kappa shape index (κ3) is 8.98. The Balaban J connectivity index is 0.000000214. The smallest absolute Gasteiger partial charge is 0.410 e. The molecule has 0 radical (unpaired) electrons. The maximum Gasteiger partial charge on any atom is 0.410 e. The number of halogens is 2. The van der Waals surface area contributed by atoms with Crippen LogP contribution in [-0.4, -0.2) is 74.6 Å². The number of aromatic nitrogens is 6. The van der Waals surface area contributed by atoms with Gasteiger partial charge in [0, 0.05) is 29.1 Å². The Bertz CT molecular complexity index is 2390. The topological polar surface area (TPSA) is 138 Å². The van der Waals surface area contributed by atoms with Gasteiger partial charge in [0.2, 0.25) is 0 Å². The molecule has 2 aliphatic heterocycles. The van der Waals surface area contributed by atoms with Gasteiger partial charge < -0.3 is 9.47 Å². The Morgan fingerprint density at radius 1 is 0.655 bits per heavy atom. The lowest BCUT2D eigenvalue weighted by Gasteiger charge is -2.41. The highest BCUT2D eigenvalue weighted by atomic mass is 127. The van der Waals surface area contributed by atoms with Crippen molar-refractivity contribution >= 4 is 88.7 Å². The van der Waals surface area contributed by atoms with E-state index in [2.05, 4.69) is 43.6 Å². The number of amides is 2. The van der Waals surface area contributed by atoms with Crippen LogP contribution in [0.4, 0.5) is 9.59 Å². The van der Waals surface area contributed by atoms with Crippen LogP contribution in [0.2, 0.25) is 0 Å². The highest BCUT2D eigenvalue weighted by Crippen LogP contribution is 2.36. The average molecular weight is 1010 g/mol. The van der Waals surface area contributed by atoms with E-state index in [1.807, 2.05) is 108 Å². The molecule has 0 saturated carbocycles. The van der Waals surface area contributed by atoms with Crippen LogP contribution in [-0.2, 0) is 9.47 Å². The first-order valence-corrected chi connectivity index (χ1v) is 20.1. The number of rotatable bonds is 4. The fourth-order valence-corrected chi connectivity index (χ4v) is 7.68. The molecular weight excluding hydrogens is 959 g/mol. The number of para-hydroxylation sites is 2. The maximum absolute atomic E-state index is 13.3. The van der Waals surface area contributed by atoms with Gasteiger partial charge in [0.1, 0.15) is 22.2 Å². The summed E-state index contributed by atoms with van der Waals surface area (Å²) in [6.45, 7) is 12.2. The van der Waals surface area contributed by atoms with Crippen molar-refractivity contribution in [2.45, 2.75) is 77.7 Å². The Hall–Kier alpha value is -4.27. The monoisotopic (exact) mass is 1000 g/mol. The molecule has 0 aliphatic carbocycles. The van der Waals surface area contributed by atoms with Gasteiger partial charge in [0.05, 0.1) is 27.9 Å². The second-order valence-corrected chi connectivity index (χ2v) is 17.6. The standard InChI is InChI=1S/C20H21BrN4O3.C20H21IN4O3.2H2S/c2*1-20(2,3)28-19(27)23-11-10-15(23)17-22-24-12-9-14(21)16(24)18(26)25(17)13-7-5-4-6-8-13;;/h2*4-9,12,15H,10-11H2,1-3H3;2*1H2/t2*15-;;/m00../s1. The van der Waals surface area contributed by atoms with Crippen molar-refractivity contribution < 1.29 is 19.1 Å². The molecule has 0 unspecified atom stereocenters. The number of ether oxygens (including phenoxy) is 2. The van der Waals surface area contributed by atoms with E-state index in [0.29, 0.717) is 52.4 Å². The maximum atomic E-state index is 13.3. The van der Waals surface area contributed by atoms with Gasteiger partial charge in [0.15, 0.2) is 11.6 Å². The number of carbonyl (C=O) groups is 2. The van der Waals surface area contributed by atoms with E-state index in [-0.39, 0.29) is 56.3 Å². The number of carbonyl (C=O) groups excluding carboxylic acids is 2. The number of hydrogen-bond donors (Lipinski definition) is 0. The molecule has 2 fully saturated rings. The quantitative estimate of drug-likeness (QED) is 0.163. The lowest BCUT2D eigenvalue weighted by Crippen LogP contribution is -2.49. The number of likely N-dealkylation sites (tertiary alicyclic amines) is 2. The van der Waals surface area contributed by atoms with E-state index in [1.165, 1.54) is 0 Å². The van der Waals surface area contributed by atoms with E-state index in [4.69, 9.17) is 14.6 Å². The summed E-state index contributed by atoms with van der Waals surface area (Å²) in [6.07, 6.45) is 4.16. The van der Waals surface area contributed by atoms with Crippen molar-refractivity contribution in [3.63, 3.8) is 0 Å². The number of nitrogens with zero attached hydrogens (tertiary/aromatic N) is 8. The van der Waals surface area contributed by atoms with E-state index in [9.17, 15) is 19.2 Å². The van der Waals surface area contributed by atoms with Crippen LogP contribution >= 0.6 is 65.5 Å². The van der Waals surface area contributed by atoms with Gasteiger partial charge in [-0.15, -0.1) is 0 Å². The first-order chi connectivity index (χ1) is 26.5. The van der Waals surface area contributed by atoms with Crippen LogP contribution in [0.15, 0.2) is 99.3 Å². The number of fused-ring (bicyclic) bond motifs is 2. The van der Waals surface area contributed by atoms with Gasteiger partial charge in [-0.05, 0) is 129 Å².